The molecule has 0 aliphatic carbocycles. The number of piperidine rings is 1. The van der Waals surface area contributed by atoms with Crippen LogP contribution in [-0.4, -0.2) is 54.3 Å². The monoisotopic (exact) mass is 298 g/mol. The summed E-state index contributed by atoms with van der Waals surface area (Å²) in [5.41, 5.74) is -1.05. The number of carboxylic acid groups (broad SMARTS) is 1. The van der Waals surface area contributed by atoms with Crippen molar-refractivity contribution in [3.05, 3.63) is 12.7 Å². The predicted molar refractivity (Wildman–Crippen MR) is 79.6 cm³/mol. The highest BCUT2D eigenvalue weighted by Crippen LogP contribution is 2.48. The molecule has 1 N–H and O–H groups in total. The highest BCUT2D eigenvalue weighted by molar-refractivity contribution is 5.84. The van der Waals surface area contributed by atoms with Gasteiger partial charge in [0.05, 0.1) is 12.5 Å². The van der Waals surface area contributed by atoms with Gasteiger partial charge < -0.3 is 10.0 Å². The smallest absolute Gasteiger partial charge is 0.407 e. The maximum Gasteiger partial charge on any atom is 0.407 e. The molecule has 0 saturated carbocycles. The number of rotatable bonds is 3. The van der Waals surface area contributed by atoms with Gasteiger partial charge >= 0.3 is 6.09 Å². The average Bonchev–Trinajstić information content (AvgIpc) is 2.43. The van der Waals surface area contributed by atoms with E-state index in [2.05, 4.69) is 6.58 Å². The molecule has 1 rings (SSSR count). The first-order valence-corrected chi connectivity index (χ1v) is 7.04. The molecule has 1 heterocycles. The van der Waals surface area contributed by atoms with E-state index in [0.717, 1.165) is 0 Å². The standard InChI is InChI=1S/C15H26N2O4/c1-7-15(12(18)16(5)21-6)8-9-17(13(19)20)10-11(15)14(2,3)4/h7,11H,1,8-10H2,2-6H3,(H,19,20). The van der Waals surface area contributed by atoms with E-state index in [0.29, 0.717) is 19.5 Å². The fourth-order valence-corrected chi connectivity index (χ4v) is 3.15. The van der Waals surface area contributed by atoms with Crippen LogP contribution in [-0.2, 0) is 9.63 Å². The third kappa shape index (κ3) is 3.20. The highest BCUT2D eigenvalue weighted by atomic mass is 16.7. The first kappa shape index (κ1) is 17.5. The second-order valence-corrected chi connectivity index (χ2v) is 6.63. The van der Waals surface area contributed by atoms with Crippen molar-refractivity contribution in [2.75, 3.05) is 27.2 Å². The van der Waals surface area contributed by atoms with Crippen LogP contribution in [0.2, 0.25) is 0 Å². The highest BCUT2D eigenvalue weighted by Gasteiger charge is 2.53. The molecule has 0 aromatic rings. The molecule has 0 aromatic carbocycles. The molecule has 2 unspecified atom stereocenters. The van der Waals surface area contributed by atoms with E-state index in [1.807, 2.05) is 20.8 Å². The van der Waals surface area contributed by atoms with Crippen molar-refractivity contribution in [2.45, 2.75) is 27.2 Å². The summed E-state index contributed by atoms with van der Waals surface area (Å²) in [6, 6.07) is 0. The zero-order valence-electron chi connectivity index (χ0n) is 13.5. The van der Waals surface area contributed by atoms with Gasteiger partial charge in [-0.2, -0.15) is 0 Å². The second kappa shape index (κ2) is 6.05. The average molecular weight is 298 g/mol. The van der Waals surface area contributed by atoms with Crippen LogP contribution < -0.4 is 0 Å². The van der Waals surface area contributed by atoms with Gasteiger partial charge in [0.2, 0.25) is 0 Å². The zero-order valence-corrected chi connectivity index (χ0v) is 13.5. The minimum atomic E-state index is -0.950. The van der Waals surface area contributed by atoms with Crippen molar-refractivity contribution in [1.82, 2.24) is 9.96 Å². The fraction of sp³-hybridized carbons (Fsp3) is 0.733. The summed E-state index contributed by atoms with van der Waals surface area (Å²) in [6.07, 6.45) is 1.13. The molecule has 2 amide bonds. The Morgan fingerprint density at radius 2 is 2.05 bits per heavy atom. The molecule has 1 aliphatic rings. The van der Waals surface area contributed by atoms with Gasteiger partial charge in [-0.25, -0.2) is 9.86 Å². The molecule has 1 aliphatic heterocycles. The minimum Gasteiger partial charge on any atom is -0.465 e. The number of likely N-dealkylation sites (tertiary alicyclic amines) is 1. The van der Waals surface area contributed by atoms with Gasteiger partial charge in [0.1, 0.15) is 0 Å². The Morgan fingerprint density at radius 1 is 1.48 bits per heavy atom. The Bertz CT molecular complexity index is 430. The van der Waals surface area contributed by atoms with E-state index >= 15 is 0 Å². The molecule has 21 heavy (non-hydrogen) atoms. The Morgan fingerprint density at radius 3 is 2.43 bits per heavy atom. The van der Waals surface area contributed by atoms with E-state index in [9.17, 15) is 14.7 Å². The lowest BCUT2D eigenvalue weighted by Crippen LogP contribution is -2.58. The van der Waals surface area contributed by atoms with Crippen molar-refractivity contribution in [3.63, 3.8) is 0 Å². The lowest BCUT2D eigenvalue weighted by molar-refractivity contribution is -0.186. The SMILES string of the molecule is C=CC1(C(=O)N(C)OC)CCN(C(=O)O)CC1C(C)(C)C. The summed E-state index contributed by atoms with van der Waals surface area (Å²) in [7, 11) is 3.00. The Labute approximate surface area is 126 Å². The van der Waals surface area contributed by atoms with Gasteiger partial charge in [0.25, 0.3) is 5.91 Å². The van der Waals surface area contributed by atoms with E-state index in [1.165, 1.54) is 17.1 Å². The number of nitrogens with zero attached hydrogens (tertiary/aromatic N) is 2. The second-order valence-electron chi connectivity index (χ2n) is 6.63. The lowest BCUT2D eigenvalue weighted by Gasteiger charge is -2.50. The van der Waals surface area contributed by atoms with E-state index in [1.54, 1.807) is 13.1 Å². The number of carbonyl (C=O) groups is 2. The molecule has 120 valence electrons. The summed E-state index contributed by atoms with van der Waals surface area (Å²) in [5.74, 6) is -0.345. The quantitative estimate of drug-likeness (QED) is 0.640. The molecule has 6 nitrogen and oxygen atoms in total. The Balaban J connectivity index is 3.25. The van der Waals surface area contributed by atoms with Crippen molar-refractivity contribution >= 4 is 12.0 Å². The molecule has 0 bridgehead atoms. The molecule has 0 spiro atoms. The summed E-state index contributed by atoms with van der Waals surface area (Å²) in [5, 5.41) is 10.4. The summed E-state index contributed by atoms with van der Waals surface area (Å²) in [4.78, 5) is 30.5. The normalized spacial score (nSPS) is 26.3. The van der Waals surface area contributed by atoms with Crippen LogP contribution in [0.25, 0.3) is 0 Å². The van der Waals surface area contributed by atoms with Crippen LogP contribution >= 0.6 is 0 Å². The lowest BCUT2D eigenvalue weighted by atomic mass is 9.60. The number of hydrogen-bond donors (Lipinski definition) is 1. The number of hydroxylamine groups is 2. The summed E-state index contributed by atoms with van der Waals surface area (Å²) < 4.78 is 0. The topological polar surface area (TPSA) is 70.1 Å². The number of amides is 2. The van der Waals surface area contributed by atoms with Crippen LogP contribution in [0.5, 0.6) is 0 Å². The maximum absolute atomic E-state index is 12.8. The zero-order chi connectivity index (χ0) is 16.4. The Kier molecular flexibility index (Phi) is 5.04. The largest absolute Gasteiger partial charge is 0.465 e. The number of hydrogen-bond acceptors (Lipinski definition) is 3. The van der Waals surface area contributed by atoms with Gasteiger partial charge in [0.15, 0.2) is 0 Å². The van der Waals surface area contributed by atoms with E-state index in [4.69, 9.17) is 4.84 Å². The van der Waals surface area contributed by atoms with Crippen molar-refractivity contribution < 1.29 is 19.5 Å². The van der Waals surface area contributed by atoms with Crippen molar-refractivity contribution in [1.29, 1.82) is 0 Å². The van der Waals surface area contributed by atoms with Crippen LogP contribution in [0.4, 0.5) is 4.79 Å². The van der Waals surface area contributed by atoms with Crippen molar-refractivity contribution in [3.8, 4) is 0 Å². The molecule has 6 heteroatoms. The van der Waals surface area contributed by atoms with Crippen LogP contribution in [0.1, 0.15) is 27.2 Å². The molecule has 0 radical (unpaired) electrons. The fourth-order valence-electron chi connectivity index (χ4n) is 3.15. The molecular formula is C15H26N2O4. The van der Waals surface area contributed by atoms with Gasteiger partial charge in [-0.1, -0.05) is 26.8 Å². The van der Waals surface area contributed by atoms with Gasteiger partial charge in [-0.15, -0.1) is 6.58 Å². The first-order valence-electron chi connectivity index (χ1n) is 7.04. The third-order valence-corrected chi connectivity index (χ3v) is 4.46. The van der Waals surface area contributed by atoms with E-state index < -0.39 is 11.5 Å². The van der Waals surface area contributed by atoms with Crippen LogP contribution in [0, 0.1) is 16.7 Å². The van der Waals surface area contributed by atoms with Crippen molar-refractivity contribution in [2.24, 2.45) is 16.7 Å². The Hall–Kier alpha value is -1.56. The molecule has 2 atom stereocenters. The first-order chi connectivity index (χ1) is 9.60. The van der Waals surface area contributed by atoms with Gasteiger partial charge in [-0.05, 0) is 17.8 Å². The molecular weight excluding hydrogens is 272 g/mol. The van der Waals surface area contributed by atoms with Gasteiger partial charge in [0, 0.05) is 20.1 Å². The number of carbonyl (C=O) groups excluding carboxylic acids is 1. The molecule has 1 fully saturated rings. The third-order valence-electron chi connectivity index (χ3n) is 4.46. The molecule has 0 aromatic heterocycles. The van der Waals surface area contributed by atoms with Crippen LogP contribution in [0.15, 0.2) is 12.7 Å². The summed E-state index contributed by atoms with van der Waals surface area (Å²) in [6.45, 7) is 10.5. The van der Waals surface area contributed by atoms with Crippen LogP contribution in [0.3, 0.4) is 0 Å². The minimum absolute atomic E-state index is 0.169. The maximum atomic E-state index is 12.8. The summed E-state index contributed by atoms with van der Waals surface area (Å²) >= 11 is 0. The van der Waals surface area contributed by atoms with Gasteiger partial charge in [-0.3, -0.25) is 9.63 Å². The van der Waals surface area contributed by atoms with E-state index in [-0.39, 0.29) is 17.2 Å². The molecule has 1 saturated heterocycles. The predicted octanol–water partition coefficient (Wildman–Crippen LogP) is 2.22.